The van der Waals surface area contributed by atoms with E-state index in [0.29, 0.717) is 11.4 Å². The molecular weight excluding hydrogens is 216 g/mol. The maximum atomic E-state index is 8.10. The first-order valence-corrected chi connectivity index (χ1v) is 5.50. The summed E-state index contributed by atoms with van der Waals surface area (Å²) >= 11 is 4.35. The van der Waals surface area contributed by atoms with Gasteiger partial charge in [0.2, 0.25) is 0 Å². The van der Waals surface area contributed by atoms with Crippen LogP contribution in [-0.2, 0) is 0 Å². The average Bonchev–Trinajstić information content (AvgIpc) is 2.57. The Balaban J connectivity index is 2.33. The van der Waals surface area contributed by atoms with Crippen LogP contribution in [0, 0.1) is 5.41 Å². The second kappa shape index (κ2) is 4.94. The van der Waals surface area contributed by atoms with Crippen molar-refractivity contribution < 1.29 is 0 Å². The molecule has 0 spiro atoms. The van der Waals surface area contributed by atoms with Crippen LogP contribution < -0.4 is 0 Å². The third-order valence-corrected chi connectivity index (χ3v) is 2.70. The Hall–Kier alpha value is -1.61. The third-order valence-electron chi connectivity index (χ3n) is 2.31. The molecule has 1 aromatic rings. The van der Waals surface area contributed by atoms with Gasteiger partial charge in [-0.25, -0.2) is 0 Å². The summed E-state index contributed by atoms with van der Waals surface area (Å²) in [5.41, 5.74) is 1.94. The fourth-order valence-corrected chi connectivity index (χ4v) is 1.76. The Labute approximate surface area is 100 Å². The molecule has 0 saturated carbocycles. The second-order valence-corrected chi connectivity index (χ2v) is 3.91. The lowest BCUT2D eigenvalue weighted by molar-refractivity contribution is 1.30. The molecule has 0 saturated heterocycles. The minimum absolute atomic E-state index is 0.422. The molecule has 80 valence electrons. The fraction of sp³-hybridized carbons (Fsp3) is 0.0769. The summed E-state index contributed by atoms with van der Waals surface area (Å²) in [6.45, 7) is 0. The lowest BCUT2D eigenvalue weighted by Crippen LogP contribution is -2.02. The van der Waals surface area contributed by atoms with Gasteiger partial charge >= 0.3 is 0 Å². The van der Waals surface area contributed by atoms with Gasteiger partial charge in [0.1, 0.15) is 0 Å². The van der Waals surface area contributed by atoms with Crippen molar-refractivity contribution in [1.82, 2.24) is 0 Å². The maximum Gasteiger partial charge on any atom is 0.0876 e. The van der Waals surface area contributed by atoms with Crippen LogP contribution in [0.15, 0.2) is 58.1 Å². The minimum Gasteiger partial charge on any atom is -0.298 e. The van der Waals surface area contributed by atoms with Crippen molar-refractivity contribution in [2.75, 3.05) is 0 Å². The van der Waals surface area contributed by atoms with Crippen LogP contribution in [0.1, 0.15) is 12.0 Å². The Morgan fingerprint density at radius 1 is 1.31 bits per heavy atom. The molecule has 1 heterocycles. The van der Waals surface area contributed by atoms with E-state index in [-0.39, 0.29) is 0 Å². The molecule has 0 aliphatic carbocycles. The zero-order valence-electron chi connectivity index (χ0n) is 8.72. The first kappa shape index (κ1) is 10.9. The highest BCUT2D eigenvalue weighted by Crippen LogP contribution is 2.18. The van der Waals surface area contributed by atoms with Gasteiger partial charge in [0.15, 0.2) is 0 Å². The van der Waals surface area contributed by atoms with E-state index in [1.807, 2.05) is 42.5 Å². The van der Waals surface area contributed by atoms with E-state index >= 15 is 0 Å². The molecule has 0 amide bonds. The number of nitrogens with zero attached hydrogens (tertiary/aromatic N) is 1. The molecule has 0 unspecified atom stereocenters. The number of allylic oxidation sites excluding steroid dienone is 4. The summed E-state index contributed by atoms with van der Waals surface area (Å²) in [6, 6.07) is 7.58. The molecule has 1 aliphatic rings. The molecule has 3 heteroatoms. The van der Waals surface area contributed by atoms with Crippen LogP contribution in [-0.4, -0.2) is 11.9 Å². The standard InChI is InChI=1S/C13H12N2S/c14-13(10-6-3-4-8-12(10)16)11-7-2-1-5-9-15-11/h1,3-9,14,16H,2H2. The lowest BCUT2D eigenvalue weighted by atomic mass is 10.1. The number of rotatable bonds is 2. The van der Waals surface area contributed by atoms with Gasteiger partial charge in [-0.05, 0) is 18.6 Å². The van der Waals surface area contributed by atoms with Gasteiger partial charge in [-0.3, -0.25) is 10.4 Å². The number of aliphatic imine (C=N–C) groups is 1. The predicted octanol–water partition coefficient (Wildman–Crippen LogP) is 3.26. The lowest BCUT2D eigenvalue weighted by Gasteiger charge is -2.06. The highest BCUT2D eigenvalue weighted by atomic mass is 32.1. The Morgan fingerprint density at radius 2 is 2.12 bits per heavy atom. The summed E-state index contributed by atoms with van der Waals surface area (Å²) in [5.74, 6) is 0. The maximum absolute atomic E-state index is 8.10. The normalized spacial score (nSPS) is 14.4. The molecule has 16 heavy (non-hydrogen) atoms. The van der Waals surface area contributed by atoms with Gasteiger partial charge < -0.3 is 0 Å². The van der Waals surface area contributed by atoms with Crippen LogP contribution in [0.3, 0.4) is 0 Å². The van der Waals surface area contributed by atoms with Gasteiger partial charge in [0.25, 0.3) is 0 Å². The van der Waals surface area contributed by atoms with Crippen LogP contribution in [0.25, 0.3) is 0 Å². The summed E-state index contributed by atoms with van der Waals surface area (Å²) in [5, 5.41) is 8.10. The summed E-state index contributed by atoms with van der Waals surface area (Å²) < 4.78 is 0. The van der Waals surface area contributed by atoms with E-state index < -0.39 is 0 Å². The van der Waals surface area contributed by atoms with Crippen LogP contribution in [0.2, 0.25) is 0 Å². The van der Waals surface area contributed by atoms with Crippen molar-refractivity contribution in [3.63, 3.8) is 0 Å². The first-order valence-electron chi connectivity index (χ1n) is 5.05. The zero-order valence-corrected chi connectivity index (χ0v) is 9.61. The Kier molecular flexibility index (Phi) is 3.37. The summed E-state index contributed by atoms with van der Waals surface area (Å²) in [7, 11) is 0. The fourth-order valence-electron chi connectivity index (χ4n) is 1.48. The molecule has 2 nitrogen and oxygen atoms in total. The van der Waals surface area contributed by atoms with Crippen molar-refractivity contribution in [1.29, 1.82) is 5.41 Å². The Morgan fingerprint density at radius 3 is 2.94 bits per heavy atom. The molecule has 1 N–H and O–H groups in total. The van der Waals surface area contributed by atoms with Crippen molar-refractivity contribution in [3.8, 4) is 0 Å². The minimum atomic E-state index is 0.422. The third kappa shape index (κ3) is 2.31. The zero-order chi connectivity index (χ0) is 11.4. The van der Waals surface area contributed by atoms with Gasteiger partial charge in [0.05, 0.1) is 11.4 Å². The van der Waals surface area contributed by atoms with E-state index in [2.05, 4.69) is 17.6 Å². The highest BCUT2D eigenvalue weighted by Gasteiger charge is 2.09. The molecule has 0 atom stereocenters. The van der Waals surface area contributed by atoms with Gasteiger partial charge in [0, 0.05) is 16.7 Å². The SMILES string of the molecule is N=C(C1=CCC=CC=N1)c1ccccc1S. The molecule has 0 bridgehead atoms. The molecule has 0 radical (unpaired) electrons. The number of benzene rings is 1. The van der Waals surface area contributed by atoms with Crippen molar-refractivity contribution in [2.24, 2.45) is 4.99 Å². The number of nitrogens with one attached hydrogen (secondary N) is 1. The largest absolute Gasteiger partial charge is 0.298 e. The highest BCUT2D eigenvalue weighted by molar-refractivity contribution is 7.80. The van der Waals surface area contributed by atoms with Crippen LogP contribution in [0.4, 0.5) is 0 Å². The van der Waals surface area contributed by atoms with Gasteiger partial charge in [-0.2, -0.15) is 0 Å². The van der Waals surface area contributed by atoms with Crippen molar-refractivity contribution in [2.45, 2.75) is 11.3 Å². The van der Waals surface area contributed by atoms with E-state index in [9.17, 15) is 0 Å². The molecule has 0 aromatic heterocycles. The van der Waals surface area contributed by atoms with Gasteiger partial charge in [-0.1, -0.05) is 30.4 Å². The van der Waals surface area contributed by atoms with E-state index in [4.69, 9.17) is 5.41 Å². The molecule has 1 aliphatic heterocycles. The molecular formula is C13H12N2S. The monoisotopic (exact) mass is 228 g/mol. The second-order valence-electron chi connectivity index (χ2n) is 3.42. The molecule has 0 fully saturated rings. The smallest absolute Gasteiger partial charge is 0.0876 e. The molecule has 2 rings (SSSR count). The van der Waals surface area contributed by atoms with Crippen molar-refractivity contribution in [3.05, 3.63) is 53.8 Å². The summed E-state index contributed by atoms with van der Waals surface area (Å²) in [6.07, 6.45) is 8.38. The average molecular weight is 228 g/mol. The van der Waals surface area contributed by atoms with Gasteiger partial charge in [-0.15, -0.1) is 12.6 Å². The van der Waals surface area contributed by atoms with E-state index in [1.165, 1.54) is 0 Å². The number of thiol groups is 1. The van der Waals surface area contributed by atoms with Crippen LogP contribution in [0.5, 0.6) is 0 Å². The Bertz CT molecular complexity index is 498. The summed E-state index contributed by atoms with van der Waals surface area (Å²) in [4.78, 5) is 5.04. The predicted molar refractivity (Wildman–Crippen MR) is 70.9 cm³/mol. The van der Waals surface area contributed by atoms with E-state index in [1.54, 1.807) is 6.21 Å². The topological polar surface area (TPSA) is 36.2 Å². The molecule has 1 aromatic carbocycles. The first-order chi connectivity index (χ1) is 7.79. The quantitative estimate of drug-likeness (QED) is 0.576. The number of hydrogen-bond acceptors (Lipinski definition) is 3. The van der Waals surface area contributed by atoms with Crippen LogP contribution >= 0.6 is 12.6 Å². The van der Waals surface area contributed by atoms with Crippen molar-refractivity contribution >= 4 is 24.6 Å². The number of hydrogen-bond donors (Lipinski definition) is 2. The van der Waals surface area contributed by atoms with E-state index in [0.717, 1.165) is 16.9 Å².